The van der Waals surface area contributed by atoms with Gasteiger partial charge in [-0.1, -0.05) is 60.1 Å². The lowest BCUT2D eigenvalue weighted by atomic mass is 9.95. The number of carbonyl (C=O) groups excluding carboxylic acids is 2. The standard InChI is InChI=1S/C25H18ClNO4/c1-31-25(30)23-22(18-9-5-8-17(12-18)15-28)21-13-19(26)10-11-20(21)24(29)27(23)14-16-6-3-2-4-7-16/h2-13,15H,14H2,1H3. The second-order valence-corrected chi connectivity index (χ2v) is 7.46. The maximum Gasteiger partial charge on any atom is 0.355 e. The number of aromatic nitrogens is 1. The summed E-state index contributed by atoms with van der Waals surface area (Å²) in [5.74, 6) is -0.651. The highest BCUT2D eigenvalue weighted by Crippen LogP contribution is 2.33. The van der Waals surface area contributed by atoms with E-state index >= 15 is 0 Å². The van der Waals surface area contributed by atoms with Crippen molar-refractivity contribution in [3.05, 3.63) is 105 Å². The summed E-state index contributed by atoms with van der Waals surface area (Å²) in [6.07, 6.45) is 0.733. The Kier molecular flexibility index (Phi) is 5.69. The van der Waals surface area contributed by atoms with Crippen molar-refractivity contribution >= 4 is 34.6 Å². The first-order chi connectivity index (χ1) is 15.0. The molecule has 0 bridgehead atoms. The van der Waals surface area contributed by atoms with E-state index in [0.29, 0.717) is 32.5 Å². The minimum atomic E-state index is -0.651. The summed E-state index contributed by atoms with van der Waals surface area (Å²) in [5, 5.41) is 1.36. The van der Waals surface area contributed by atoms with Crippen LogP contribution in [0.4, 0.5) is 0 Å². The number of rotatable bonds is 5. The van der Waals surface area contributed by atoms with Gasteiger partial charge in [-0.3, -0.25) is 14.2 Å². The van der Waals surface area contributed by atoms with Crippen molar-refractivity contribution in [1.82, 2.24) is 4.57 Å². The van der Waals surface area contributed by atoms with Crippen LogP contribution in [0.5, 0.6) is 0 Å². The van der Waals surface area contributed by atoms with Crippen LogP contribution in [0.2, 0.25) is 5.02 Å². The highest BCUT2D eigenvalue weighted by Gasteiger charge is 2.24. The molecule has 1 aromatic heterocycles. The summed E-state index contributed by atoms with van der Waals surface area (Å²) in [6, 6.07) is 21.2. The van der Waals surface area contributed by atoms with Gasteiger partial charge in [0, 0.05) is 21.5 Å². The third-order valence-electron chi connectivity index (χ3n) is 5.11. The average Bonchev–Trinajstić information content (AvgIpc) is 2.80. The molecule has 0 aliphatic rings. The Labute approximate surface area is 183 Å². The van der Waals surface area contributed by atoms with E-state index in [2.05, 4.69) is 0 Å². The number of hydrogen-bond donors (Lipinski definition) is 0. The smallest absolute Gasteiger partial charge is 0.355 e. The Morgan fingerprint density at radius 3 is 2.48 bits per heavy atom. The lowest BCUT2D eigenvalue weighted by Crippen LogP contribution is -2.28. The number of hydrogen-bond acceptors (Lipinski definition) is 4. The molecular formula is C25H18ClNO4. The van der Waals surface area contributed by atoms with Gasteiger partial charge in [0.1, 0.15) is 12.0 Å². The van der Waals surface area contributed by atoms with E-state index in [0.717, 1.165) is 11.8 Å². The van der Waals surface area contributed by atoms with Crippen LogP contribution in [0.15, 0.2) is 77.6 Å². The number of aldehydes is 1. The highest BCUT2D eigenvalue weighted by molar-refractivity contribution is 6.31. The van der Waals surface area contributed by atoms with Crippen LogP contribution in [-0.2, 0) is 11.3 Å². The van der Waals surface area contributed by atoms with E-state index in [4.69, 9.17) is 16.3 Å². The van der Waals surface area contributed by atoms with Crippen molar-refractivity contribution in [3.63, 3.8) is 0 Å². The number of nitrogens with zero attached hydrogens (tertiary/aromatic N) is 1. The highest BCUT2D eigenvalue weighted by atomic mass is 35.5. The van der Waals surface area contributed by atoms with Gasteiger partial charge in [-0.2, -0.15) is 0 Å². The summed E-state index contributed by atoms with van der Waals surface area (Å²) < 4.78 is 6.48. The zero-order valence-corrected chi connectivity index (χ0v) is 17.4. The fourth-order valence-corrected chi connectivity index (χ4v) is 3.88. The molecule has 5 nitrogen and oxygen atoms in total. The van der Waals surface area contributed by atoms with Crippen LogP contribution in [0.1, 0.15) is 26.4 Å². The second-order valence-electron chi connectivity index (χ2n) is 7.03. The van der Waals surface area contributed by atoms with E-state index in [9.17, 15) is 14.4 Å². The average molecular weight is 432 g/mol. The number of benzene rings is 3. The molecule has 0 saturated carbocycles. The van der Waals surface area contributed by atoms with Crippen LogP contribution in [0.3, 0.4) is 0 Å². The summed E-state index contributed by atoms with van der Waals surface area (Å²) in [7, 11) is 1.27. The number of halogens is 1. The molecule has 4 aromatic rings. The van der Waals surface area contributed by atoms with E-state index < -0.39 is 5.97 Å². The number of fused-ring (bicyclic) bond motifs is 1. The van der Waals surface area contributed by atoms with Crippen molar-refractivity contribution in [2.75, 3.05) is 7.11 Å². The van der Waals surface area contributed by atoms with Gasteiger partial charge < -0.3 is 4.74 Å². The summed E-state index contributed by atoms with van der Waals surface area (Å²) in [5.41, 5.74) is 2.18. The maximum atomic E-state index is 13.4. The molecular weight excluding hydrogens is 414 g/mol. The first-order valence-corrected chi connectivity index (χ1v) is 9.95. The minimum Gasteiger partial charge on any atom is -0.464 e. The Hall–Kier alpha value is -3.70. The minimum absolute atomic E-state index is 0.106. The molecule has 0 spiro atoms. The Bertz CT molecular complexity index is 1360. The van der Waals surface area contributed by atoms with Crippen LogP contribution in [0.25, 0.3) is 21.9 Å². The largest absolute Gasteiger partial charge is 0.464 e. The maximum absolute atomic E-state index is 13.4. The van der Waals surface area contributed by atoms with Gasteiger partial charge in [0.05, 0.1) is 13.7 Å². The predicted octanol–water partition coefficient (Wildman–Crippen LogP) is 4.97. The zero-order valence-electron chi connectivity index (χ0n) is 16.7. The molecule has 3 aromatic carbocycles. The van der Waals surface area contributed by atoms with Gasteiger partial charge in [-0.05, 0) is 40.8 Å². The molecule has 4 rings (SSSR count). The molecule has 0 atom stereocenters. The number of pyridine rings is 1. The number of methoxy groups -OCH3 is 1. The molecule has 0 unspecified atom stereocenters. The lowest BCUT2D eigenvalue weighted by molar-refractivity contribution is 0.0588. The van der Waals surface area contributed by atoms with Crippen molar-refractivity contribution in [1.29, 1.82) is 0 Å². The Morgan fingerprint density at radius 2 is 1.77 bits per heavy atom. The monoisotopic (exact) mass is 431 g/mol. The second kappa shape index (κ2) is 8.58. The SMILES string of the molecule is COC(=O)c1c(-c2cccc(C=O)c2)c2cc(Cl)ccc2c(=O)n1Cc1ccccc1. The van der Waals surface area contributed by atoms with Crippen LogP contribution in [-0.4, -0.2) is 23.9 Å². The molecule has 0 amide bonds. The first kappa shape index (κ1) is 20.6. The third-order valence-corrected chi connectivity index (χ3v) is 5.34. The van der Waals surface area contributed by atoms with Gasteiger partial charge in [0.15, 0.2) is 0 Å². The van der Waals surface area contributed by atoms with Crippen molar-refractivity contribution in [2.45, 2.75) is 6.54 Å². The van der Waals surface area contributed by atoms with Crippen molar-refractivity contribution in [2.24, 2.45) is 0 Å². The van der Waals surface area contributed by atoms with Crippen LogP contribution >= 0.6 is 11.6 Å². The number of ether oxygens (including phenoxy) is 1. The third kappa shape index (κ3) is 3.88. The summed E-state index contributed by atoms with van der Waals surface area (Å²) >= 11 is 6.24. The quantitative estimate of drug-likeness (QED) is 0.330. The van der Waals surface area contributed by atoms with E-state index in [1.165, 1.54) is 11.7 Å². The first-order valence-electron chi connectivity index (χ1n) is 9.57. The molecule has 6 heteroatoms. The van der Waals surface area contributed by atoms with E-state index in [-0.39, 0.29) is 17.8 Å². The van der Waals surface area contributed by atoms with Gasteiger partial charge in [-0.25, -0.2) is 4.79 Å². The molecule has 154 valence electrons. The summed E-state index contributed by atoms with van der Waals surface area (Å²) in [4.78, 5) is 37.8. The van der Waals surface area contributed by atoms with Crippen LogP contribution < -0.4 is 5.56 Å². The van der Waals surface area contributed by atoms with Crippen molar-refractivity contribution in [3.8, 4) is 11.1 Å². The predicted molar refractivity (Wildman–Crippen MR) is 121 cm³/mol. The number of esters is 1. The molecule has 0 saturated heterocycles. The zero-order chi connectivity index (χ0) is 22.0. The molecule has 0 aliphatic carbocycles. The Balaban J connectivity index is 2.15. The van der Waals surface area contributed by atoms with Gasteiger partial charge in [0.2, 0.25) is 0 Å². The van der Waals surface area contributed by atoms with E-state index in [1.807, 2.05) is 30.3 Å². The van der Waals surface area contributed by atoms with Gasteiger partial charge >= 0.3 is 5.97 Å². The fourth-order valence-electron chi connectivity index (χ4n) is 3.70. The van der Waals surface area contributed by atoms with E-state index in [1.54, 1.807) is 42.5 Å². The summed E-state index contributed by atoms with van der Waals surface area (Å²) in [6.45, 7) is 0.184. The fraction of sp³-hybridized carbons (Fsp3) is 0.0800. The molecule has 0 aliphatic heterocycles. The lowest BCUT2D eigenvalue weighted by Gasteiger charge is -2.19. The van der Waals surface area contributed by atoms with Gasteiger partial charge in [0.25, 0.3) is 5.56 Å². The van der Waals surface area contributed by atoms with Crippen molar-refractivity contribution < 1.29 is 14.3 Å². The molecule has 31 heavy (non-hydrogen) atoms. The molecule has 0 N–H and O–H groups in total. The number of carbonyl (C=O) groups is 2. The topological polar surface area (TPSA) is 65.4 Å². The normalized spacial score (nSPS) is 10.8. The Morgan fingerprint density at radius 1 is 1.00 bits per heavy atom. The molecule has 0 radical (unpaired) electrons. The molecule has 1 heterocycles. The van der Waals surface area contributed by atoms with Gasteiger partial charge in [-0.15, -0.1) is 0 Å². The van der Waals surface area contributed by atoms with Crippen LogP contribution in [0, 0.1) is 0 Å². The molecule has 0 fully saturated rings.